The lowest BCUT2D eigenvalue weighted by Gasteiger charge is -2.36. The zero-order valence-corrected chi connectivity index (χ0v) is 7.25. The molecule has 2 rings (SSSR count). The smallest absolute Gasteiger partial charge is 0.228 e. The molecule has 0 aromatic rings. The predicted molar refractivity (Wildman–Crippen MR) is 43.5 cm³/mol. The minimum absolute atomic E-state index is 0.0850. The van der Waals surface area contributed by atoms with Crippen LogP contribution in [0.4, 0.5) is 0 Å². The zero-order chi connectivity index (χ0) is 8.55. The molecule has 0 saturated carbocycles. The first-order valence-electron chi connectivity index (χ1n) is 3.81. The van der Waals surface area contributed by atoms with E-state index in [9.17, 15) is 9.59 Å². The molecule has 0 bridgehead atoms. The number of hydrogen-bond acceptors (Lipinski definition) is 4. The van der Waals surface area contributed by atoms with Crippen molar-refractivity contribution in [2.75, 3.05) is 12.4 Å². The molecule has 66 valence electrons. The minimum Gasteiger partial charge on any atom is -0.350 e. The number of rotatable bonds is 3. The number of hydrogen-bond donors (Lipinski definition) is 0. The number of carbonyl (C=O) groups is 2. The molecule has 0 aromatic carbocycles. The maximum atomic E-state index is 11.0. The highest BCUT2D eigenvalue weighted by Crippen LogP contribution is 2.39. The summed E-state index contributed by atoms with van der Waals surface area (Å²) >= 11 is 1.72. The number of thioether (sulfide) groups is 1. The van der Waals surface area contributed by atoms with Crippen LogP contribution in [0.2, 0.25) is 0 Å². The summed E-state index contributed by atoms with van der Waals surface area (Å²) in [6.45, 7) is 0.0850. The van der Waals surface area contributed by atoms with E-state index in [0.717, 1.165) is 5.75 Å². The predicted octanol–water partition coefficient (Wildman–Crippen LogP) is -0.167. The maximum Gasteiger partial charge on any atom is 0.228 e. The van der Waals surface area contributed by atoms with Crippen LogP contribution in [0.15, 0.2) is 0 Å². The summed E-state index contributed by atoms with van der Waals surface area (Å²) in [6, 6.07) is 0. The summed E-state index contributed by atoms with van der Waals surface area (Å²) in [4.78, 5) is 22.8. The summed E-state index contributed by atoms with van der Waals surface area (Å²) < 4.78 is 5.17. The van der Waals surface area contributed by atoms with E-state index in [1.165, 1.54) is 0 Å². The fraction of sp³-hybridized carbons (Fsp3) is 0.714. The average Bonchev–Trinajstić information content (AvgIpc) is 2.37. The molecule has 2 atom stereocenters. The van der Waals surface area contributed by atoms with Gasteiger partial charge in [0, 0.05) is 5.75 Å². The third kappa shape index (κ3) is 1.13. The van der Waals surface area contributed by atoms with Crippen molar-refractivity contribution < 1.29 is 14.3 Å². The molecule has 0 spiro atoms. The second-order valence-corrected chi connectivity index (χ2v) is 3.96. The summed E-state index contributed by atoms with van der Waals surface area (Å²) in [7, 11) is 0. The lowest BCUT2D eigenvalue weighted by atomic mass is 10.2. The van der Waals surface area contributed by atoms with Crippen molar-refractivity contribution in [3.05, 3.63) is 0 Å². The van der Waals surface area contributed by atoms with Crippen molar-refractivity contribution in [2.45, 2.75) is 18.0 Å². The van der Waals surface area contributed by atoms with E-state index in [4.69, 9.17) is 4.74 Å². The topological polar surface area (TPSA) is 46.6 Å². The fourth-order valence-electron chi connectivity index (χ4n) is 1.44. The first-order chi connectivity index (χ1) is 5.83. The van der Waals surface area contributed by atoms with Crippen LogP contribution < -0.4 is 0 Å². The Morgan fingerprint density at radius 3 is 3.25 bits per heavy atom. The van der Waals surface area contributed by atoms with Crippen LogP contribution in [0.1, 0.15) is 6.42 Å². The molecule has 1 unspecified atom stereocenters. The van der Waals surface area contributed by atoms with Crippen molar-refractivity contribution in [2.24, 2.45) is 0 Å². The molecule has 4 nitrogen and oxygen atoms in total. The second kappa shape index (κ2) is 3.06. The molecule has 2 aliphatic heterocycles. The third-order valence-electron chi connectivity index (χ3n) is 2.05. The Hall–Kier alpha value is -0.550. The zero-order valence-electron chi connectivity index (χ0n) is 6.43. The van der Waals surface area contributed by atoms with E-state index in [1.807, 2.05) is 0 Å². The number of carbonyl (C=O) groups excluding carboxylic acids is 2. The lowest BCUT2D eigenvalue weighted by Crippen LogP contribution is -2.52. The van der Waals surface area contributed by atoms with Crippen molar-refractivity contribution in [3.63, 3.8) is 0 Å². The van der Waals surface area contributed by atoms with Gasteiger partial charge in [0.1, 0.15) is 19.1 Å². The van der Waals surface area contributed by atoms with Gasteiger partial charge in [0.05, 0.1) is 11.8 Å². The molecule has 0 radical (unpaired) electrons. The van der Waals surface area contributed by atoms with Gasteiger partial charge in [-0.05, 0) is 0 Å². The van der Waals surface area contributed by atoms with E-state index in [-0.39, 0.29) is 18.7 Å². The third-order valence-corrected chi connectivity index (χ3v) is 3.30. The number of nitrogens with zero attached hydrogens (tertiary/aromatic N) is 1. The molecule has 0 aliphatic carbocycles. The molecule has 1 amide bonds. The second-order valence-electron chi connectivity index (χ2n) is 2.75. The Bertz CT molecular complexity index is 221. The summed E-state index contributed by atoms with van der Waals surface area (Å²) in [5.74, 6) is 0.936. The maximum absolute atomic E-state index is 11.0. The van der Waals surface area contributed by atoms with Crippen LogP contribution in [-0.2, 0) is 14.3 Å². The van der Waals surface area contributed by atoms with E-state index in [1.54, 1.807) is 16.7 Å². The molecular formula is C7H9NO3S. The molecule has 2 saturated heterocycles. The first kappa shape index (κ1) is 8.07. The Morgan fingerprint density at radius 2 is 2.58 bits per heavy atom. The summed E-state index contributed by atoms with van der Waals surface area (Å²) in [5, 5.41) is 0.314. The Kier molecular flexibility index (Phi) is 2.06. The van der Waals surface area contributed by atoms with Crippen LogP contribution in [0.5, 0.6) is 0 Å². The number of fused-ring (bicyclic) bond motifs is 1. The lowest BCUT2D eigenvalue weighted by molar-refractivity contribution is -0.158. The number of β-lactam (4-membered cyclic amide) rings is 1. The van der Waals surface area contributed by atoms with Crippen LogP contribution in [0, 0.1) is 0 Å². The Labute approximate surface area is 74.2 Å². The minimum atomic E-state index is -0.161. The average molecular weight is 187 g/mol. The van der Waals surface area contributed by atoms with Gasteiger partial charge in [0.25, 0.3) is 0 Å². The highest BCUT2D eigenvalue weighted by Gasteiger charge is 2.46. The van der Waals surface area contributed by atoms with E-state index < -0.39 is 0 Å². The first-order valence-corrected chi connectivity index (χ1v) is 4.86. The molecular weight excluding hydrogens is 178 g/mol. The molecule has 5 heteroatoms. The van der Waals surface area contributed by atoms with Gasteiger partial charge >= 0.3 is 0 Å². The number of aldehydes is 1. The Morgan fingerprint density at radius 1 is 1.75 bits per heavy atom. The molecule has 0 aromatic heterocycles. The van der Waals surface area contributed by atoms with E-state index in [0.29, 0.717) is 18.1 Å². The van der Waals surface area contributed by atoms with Gasteiger partial charge in [-0.3, -0.25) is 4.79 Å². The highest BCUT2D eigenvalue weighted by atomic mass is 32.2. The van der Waals surface area contributed by atoms with Crippen molar-refractivity contribution in [3.8, 4) is 0 Å². The monoisotopic (exact) mass is 187 g/mol. The van der Waals surface area contributed by atoms with Crippen molar-refractivity contribution in [1.29, 1.82) is 0 Å². The molecule has 0 N–H and O–H groups in total. The van der Waals surface area contributed by atoms with Crippen LogP contribution in [0.25, 0.3) is 0 Å². The molecule has 2 heterocycles. The Balaban J connectivity index is 1.90. The normalized spacial score (nSPS) is 33.0. The van der Waals surface area contributed by atoms with E-state index >= 15 is 0 Å². The molecule has 2 fully saturated rings. The summed E-state index contributed by atoms with van der Waals surface area (Å²) in [6.07, 6.45) is 1.18. The number of amides is 1. The van der Waals surface area contributed by atoms with Gasteiger partial charge in [-0.25, -0.2) is 0 Å². The molecule has 12 heavy (non-hydrogen) atoms. The van der Waals surface area contributed by atoms with Gasteiger partial charge in [-0.2, -0.15) is 0 Å². The standard InChI is InChI=1S/C7H9NO3S/c9-1-2-11-6-4-12-7-3-5(10)8(6)7/h1,6-7H,2-4H2/t6?,7-/m1/s1. The van der Waals surface area contributed by atoms with Gasteiger partial charge in [-0.1, -0.05) is 0 Å². The van der Waals surface area contributed by atoms with Crippen LogP contribution in [0.3, 0.4) is 0 Å². The van der Waals surface area contributed by atoms with Gasteiger partial charge < -0.3 is 14.4 Å². The van der Waals surface area contributed by atoms with Gasteiger partial charge in [-0.15, -0.1) is 11.8 Å². The number of ether oxygens (including phenoxy) is 1. The fourth-order valence-corrected chi connectivity index (χ4v) is 2.76. The van der Waals surface area contributed by atoms with Crippen molar-refractivity contribution >= 4 is 24.0 Å². The van der Waals surface area contributed by atoms with Crippen molar-refractivity contribution in [1.82, 2.24) is 4.90 Å². The van der Waals surface area contributed by atoms with Gasteiger partial charge in [0.15, 0.2) is 0 Å². The SMILES string of the molecule is O=CCOC1CS[C@@H]2CC(=O)N12. The quantitative estimate of drug-likeness (QED) is 0.455. The largest absolute Gasteiger partial charge is 0.350 e. The van der Waals surface area contributed by atoms with Crippen LogP contribution >= 0.6 is 11.8 Å². The highest BCUT2D eigenvalue weighted by molar-refractivity contribution is 8.00. The summed E-state index contributed by atoms with van der Waals surface area (Å²) in [5.41, 5.74) is 0. The van der Waals surface area contributed by atoms with E-state index in [2.05, 4.69) is 0 Å². The van der Waals surface area contributed by atoms with Crippen LogP contribution in [-0.4, -0.2) is 41.1 Å². The van der Waals surface area contributed by atoms with Gasteiger partial charge in [0.2, 0.25) is 5.91 Å². The molecule has 2 aliphatic rings.